The van der Waals surface area contributed by atoms with E-state index in [-0.39, 0.29) is 0 Å². The number of benzene rings is 1. The smallest absolute Gasteiger partial charge is 0.152 e. The van der Waals surface area contributed by atoms with Crippen molar-refractivity contribution >= 4 is 23.3 Å². The Balaban J connectivity index is 2.97. The highest BCUT2D eigenvalue weighted by molar-refractivity contribution is 6.02. The molecule has 2 aromatic rings. The Morgan fingerprint density at radius 3 is 2.67 bits per heavy atom. The minimum absolute atomic E-state index is 0.395. The molecule has 4 nitrogen and oxygen atoms in total. The highest BCUT2D eigenvalue weighted by atomic mass is 16.4. The van der Waals surface area contributed by atoms with Crippen molar-refractivity contribution in [3.63, 3.8) is 0 Å². The SMILES string of the molecule is Cc1c(C=O)c2ccccc2n1C(=O)[O-]. The first-order valence-electron chi connectivity index (χ1n) is 4.43. The first-order valence-corrected chi connectivity index (χ1v) is 4.43. The summed E-state index contributed by atoms with van der Waals surface area (Å²) in [5.41, 5.74) is 1.28. The lowest BCUT2D eigenvalue weighted by Gasteiger charge is -2.07. The number of rotatable bonds is 1. The Morgan fingerprint density at radius 2 is 2.07 bits per heavy atom. The molecule has 1 heterocycles. The number of carboxylic acid groups (broad SMARTS) is 1. The van der Waals surface area contributed by atoms with Gasteiger partial charge in [-0.05, 0) is 13.0 Å². The van der Waals surface area contributed by atoms with Gasteiger partial charge in [0.05, 0.1) is 5.52 Å². The number of aldehydes is 1. The largest absolute Gasteiger partial charge is 0.529 e. The summed E-state index contributed by atoms with van der Waals surface area (Å²) >= 11 is 0. The summed E-state index contributed by atoms with van der Waals surface area (Å²) in [6, 6.07) is 6.83. The quantitative estimate of drug-likeness (QED) is 0.647. The molecule has 0 atom stereocenters. The molecule has 76 valence electrons. The van der Waals surface area contributed by atoms with Gasteiger partial charge in [-0.3, -0.25) is 9.36 Å². The highest BCUT2D eigenvalue weighted by Gasteiger charge is 2.12. The number of aromatic nitrogens is 1. The van der Waals surface area contributed by atoms with Gasteiger partial charge in [0.1, 0.15) is 6.09 Å². The number of hydrogen-bond acceptors (Lipinski definition) is 3. The van der Waals surface area contributed by atoms with Crippen LogP contribution in [0.2, 0.25) is 0 Å². The lowest BCUT2D eigenvalue weighted by molar-refractivity contribution is -0.250. The van der Waals surface area contributed by atoms with E-state index in [4.69, 9.17) is 0 Å². The van der Waals surface area contributed by atoms with Crippen molar-refractivity contribution in [2.75, 3.05) is 0 Å². The predicted octanol–water partition coefficient (Wildman–Crippen LogP) is 0.954. The van der Waals surface area contributed by atoms with E-state index in [0.29, 0.717) is 28.4 Å². The maximum absolute atomic E-state index is 10.9. The minimum atomic E-state index is -1.32. The van der Waals surface area contributed by atoms with Gasteiger partial charge >= 0.3 is 0 Å². The third kappa shape index (κ3) is 1.22. The second-order valence-corrected chi connectivity index (χ2v) is 3.24. The van der Waals surface area contributed by atoms with Crippen molar-refractivity contribution in [2.45, 2.75) is 6.92 Å². The zero-order chi connectivity index (χ0) is 11.0. The average Bonchev–Trinajstić information content (AvgIpc) is 2.49. The number of nitrogens with zero attached hydrogens (tertiary/aromatic N) is 1. The lowest BCUT2D eigenvalue weighted by atomic mass is 10.1. The van der Waals surface area contributed by atoms with Gasteiger partial charge in [0.2, 0.25) is 0 Å². The Morgan fingerprint density at radius 1 is 1.40 bits per heavy atom. The van der Waals surface area contributed by atoms with E-state index in [0.717, 1.165) is 4.57 Å². The fourth-order valence-corrected chi connectivity index (χ4v) is 1.78. The van der Waals surface area contributed by atoms with Crippen molar-refractivity contribution < 1.29 is 14.7 Å². The first kappa shape index (κ1) is 9.45. The molecule has 0 unspecified atom stereocenters. The zero-order valence-corrected chi connectivity index (χ0v) is 8.06. The van der Waals surface area contributed by atoms with Gasteiger partial charge in [-0.15, -0.1) is 0 Å². The van der Waals surface area contributed by atoms with Crippen LogP contribution in [-0.4, -0.2) is 16.9 Å². The van der Waals surface area contributed by atoms with Crippen LogP contribution in [0.3, 0.4) is 0 Å². The highest BCUT2D eigenvalue weighted by Crippen LogP contribution is 2.23. The Kier molecular flexibility index (Phi) is 2.04. The molecule has 2 rings (SSSR count). The van der Waals surface area contributed by atoms with E-state index in [1.165, 1.54) is 0 Å². The van der Waals surface area contributed by atoms with Crippen LogP contribution in [0.4, 0.5) is 4.79 Å². The molecule has 0 N–H and O–H groups in total. The molecule has 0 aliphatic heterocycles. The van der Waals surface area contributed by atoms with Crippen molar-refractivity contribution in [2.24, 2.45) is 0 Å². The number of fused-ring (bicyclic) bond motifs is 1. The molecule has 0 aliphatic rings. The van der Waals surface area contributed by atoms with Gasteiger partial charge in [-0.25, -0.2) is 0 Å². The van der Waals surface area contributed by atoms with Crippen molar-refractivity contribution in [3.05, 3.63) is 35.5 Å². The Hall–Kier alpha value is -2.10. The summed E-state index contributed by atoms with van der Waals surface area (Å²) in [4.78, 5) is 21.8. The summed E-state index contributed by atoms with van der Waals surface area (Å²) in [6.45, 7) is 1.58. The predicted molar refractivity (Wildman–Crippen MR) is 52.9 cm³/mol. The molecule has 0 radical (unpaired) electrons. The van der Waals surface area contributed by atoms with Gasteiger partial charge in [-0.1, -0.05) is 18.2 Å². The van der Waals surface area contributed by atoms with Gasteiger partial charge in [0, 0.05) is 16.6 Å². The van der Waals surface area contributed by atoms with Gasteiger partial charge < -0.3 is 9.90 Å². The summed E-state index contributed by atoms with van der Waals surface area (Å²) in [5.74, 6) is 0. The average molecular weight is 202 g/mol. The minimum Gasteiger partial charge on any atom is -0.529 e. The molecule has 1 aromatic heterocycles. The van der Waals surface area contributed by atoms with Crippen LogP contribution in [0.5, 0.6) is 0 Å². The Labute approximate surface area is 85.7 Å². The number of para-hydroxylation sites is 1. The zero-order valence-electron chi connectivity index (χ0n) is 8.06. The van der Waals surface area contributed by atoms with E-state index < -0.39 is 6.09 Å². The molecule has 0 saturated carbocycles. The van der Waals surface area contributed by atoms with Crippen molar-refractivity contribution in [1.29, 1.82) is 0 Å². The van der Waals surface area contributed by atoms with Gasteiger partial charge in [0.15, 0.2) is 6.29 Å². The molecule has 0 fully saturated rings. The van der Waals surface area contributed by atoms with Crippen LogP contribution in [-0.2, 0) is 0 Å². The monoisotopic (exact) mass is 202 g/mol. The van der Waals surface area contributed by atoms with E-state index >= 15 is 0 Å². The van der Waals surface area contributed by atoms with Crippen LogP contribution < -0.4 is 5.11 Å². The third-order valence-corrected chi connectivity index (χ3v) is 2.46. The van der Waals surface area contributed by atoms with Crippen LogP contribution in [0.1, 0.15) is 16.1 Å². The Bertz CT molecular complexity index is 554. The summed E-state index contributed by atoms with van der Waals surface area (Å²) < 4.78 is 1.01. The number of carbonyl (C=O) groups excluding carboxylic acids is 2. The van der Waals surface area contributed by atoms with Crippen LogP contribution in [0.15, 0.2) is 24.3 Å². The second kappa shape index (κ2) is 3.24. The van der Waals surface area contributed by atoms with E-state index in [1.807, 2.05) is 0 Å². The second-order valence-electron chi connectivity index (χ2n) is 3.24. The normalized spacial score (nSPS) is 10.5. The van der Waals surface area contributed by atoms with E-state index in [1.54, 1.807) is 31.2 Å². The molecular weight excluding hydrogens is 194 g/mol. The molecule has 0 bridgehead atoms. The molecule has 0 spiro atoms. The fraction of sp³-hybridized carbons (Fsp3) is 0.0909. The van der Waals surface area contributed by atoms with Crippen LogP contribution in [0.25, 0.3) is 10.9 Å². The standard InChI is InChI=1S/C11H9NO3/c1-7-9(6-13)8-4-2-3-5-10(8)12(7)11(14)15/h2-6H,1H3,(H,14,15)/p-1. The molecule has 1 aromatic carbocycles. The molecule has 0 aliphatic carbocycles. The summed E-state index contributed by atoms with van der Waals surface area (Å²) in [5, 5.41) is 11.5. The maximum atomic E-state index is 10.9. The van der Waals surface area contributed by atoms with Gasteiger partial charge in [0.25, 0.3) is 0 Å². The molecule has 4 heteroatoms. The molecular formula is C11H8NO3-. The summed E-state index contributed by atoms with van der Waals surface area (Å²) in [6.07, 6.45) is -0.659. The van der Waals surface area contributed by atoms with Crippen LogP contribution in [0, 0.1) is 6.92 Å². The van der Waals surface area contributed by atoms with Crippen molar-refractivity contribution in [1.82, 2.24) is 4.57 Å². The maximum Gasteiger partial charge on any atom is 0.152 e. The molecule has 0 amide bonds. The van der Waals surface area contributed by atoms with Crippen LogP contribution >= 0.6 is 0 Å². The fourth-order valence-electron chi connectivity index (χ4n) is 1.78. The first-order chi connectivity index (χ1) is 7.16. The lowest BCUT2D eigenvalue weighted by Crippen LogP contribution is -2.29. The summed E-state index contributed by atoms with van der Waals surface area (Å²) in [7, 11) is 0. The topological polar surface area (TPSA) is 62.1 Å². The molecule has 0 saturated heterocycles. The number of hydrogen-bond donors (Lipinski definition) is 0. The number of carbonyl (C=O) groups is 2. The van der Waals surface area contributed by atoms with E-state index in [9.17, 15) is 14.7 Å². The van der Waals surface area contributed by atoms with E-state index in [2.05, 4.69) is 0 Å². The van der Waals surface area contributed by atoms with Gasteiger partial charge in [-0.2, -0.15) is 0 Å². The third-order valence-electron chi connectivity index (χ3n) is 2.46. The van der Waals surface area contributed by atoms with Crippen molar-refractivity contribution in [3.8, 4) is 0 Å². The molecule has 15 heavy (non-hydrogen) atoms.